The average molecular weight is 454 g/mol. The third kappa shape index (κ3) is 8.29. The number of carbonyl (C=O) groups is 1. The molecule has 0 aromatic heterocycles. The van der Waals surface area contributed by atoms with E-state index in [1.165, 1.54) is 49.0 Å². The van der Waals surface area contributed by atoms with Crippen LogP contribution in [0.1, 0.15) is 107 Å². The number of esters is 1. The fraction of sp³-hybridized carbons (Fsp3) is 0.655. The molecule has 33 heavy (non-hydrogen) atoms. The summed E-state index contributed by atoms with van der Waals surface area (Å²) in [6.07, 6.45) is 15.7. The summed E-state index contributed by atoms with van der Waals surface area (Å²) < 4.78 is 18.8. The van der Waals surface area contributed by atoms with Gasteiger partial charge in [0.2, 0.25) is 0 Å². The van der Waals surface area contributed by atoms with Crippen LogP contribution in [-0.4, -0.2) is 12.1 Å². The Morgan fingerprint density at radius 3 is 2.39 bits per heavy atom. The lowest BCUT2D eigenvalue weighted by molar-refractivity contribution is -0.157. The largest absolute Gasteiger partial charge is 0.462 e. The summed E-state index contributed by atoms with van der Waals surface area (Å²) >= 11 is 0. The minimum atomic E-state index is -0.688. The van der Waals surface area contributed by atoms with Crippen LogP contribution in [0.3, 0.4) is 0 Å². The van der Waals surface area contributed by atoms with Crippen LogP contribution in [-0.2, 0) is 16.0 Å². The number of carbonyl (C=O) groups excluding carboxylic acids is 1. The highest BCUT2D eigenvalue weighted by molar-refractivity contribution is 5.72. The fourth-order valence-corrected chi connectivity index (χ4v) is 5.49. The van der Waals surface area contributed by atoms with Crippen molar-refractivity contribution in [2.75, 3.05) is 0 Å². The van der Waals surface area contributed by atoms with Crippen LogP contribution in [0.25, 0.3) is 0 Å². The van der Waals surface area contributed by atoms with Crippen molar-refractivity contribution < 1.29 is 13.9 Å². The smallest absolute Gasteiger partial charge is 0.309 e. The van der Waals surface area contributed by atoms with Crippen LogP contribution in [0, 0.1) is 23.2 Å². The Morgan fingerprint density at radius 2 is 1.76 bits per heavy atom. The van der Waals surface area contributed by atoms with Gasteiger partial charge in [-0.15, -0.1) is 0 Å². The van der Waals surface area contributed by atoms with Gasteiger partial charge in [-0.3, -0.25) is 4.79 Å². The molecule has 0 saturated heterocycles. The molecular formula is C29H40FNO2. The molecule has 3 nitrogen and oxygen atoms in total. The monoisotopic (exact) mass is 453 g/mol. The quantitative estimate of drug-likeness (QED) is 0.205. The van der Waals surface area contributed by atoms with Crippen LogP contribution >= 0.6 is 0 Å². The van der Waals surface area contributed by atoms with Crippen molar-refractivity contribution in [2.24, 2.45) is 11.8 Å². The standard InChI is InChI=1S/C29H40FNO2/c1-2-3-4-6-22-9-13-24(14-10-22)25-15-17-26(18-16-25)29(32)33-28-19-11-23(12-20-28)7-5-8-27(30)21-31/h8-10,13-14,23,25-26,28H,2-7,11-12,15-20H2,1H3. The van der Waals surface area contributed by atoms with E-state index in [0.717, 1.165) is 57.8 Å². The Labute approximate surface area is 199 Å². The molecular weight excluding hydrogens is 413 g/mol. The van der Waals surface area contributed by atoms with Crippen LogP contribution in [0.5, 0.6) is 0 Å². The van der Waals surface area contributed by atoms with E-state index in [2.05, 4.69) is 31.2 Å². The van der Waals surface area contributed by atoms with E-state index in [-0.39, 0.29) is 18.0 Å². The topological polar surface area (TPSA) is 50.1 Å². The van der Waals surface area contributed by atoms with Crippen molar-refractivity contribution >= 4 is 5.97 Å². The van der Waals surface area contributed by atoms with E-state index < -0.39 is 5.83 Å². The summed E-state index contributed by atoms with van der Waals surface area (Å²) in [7, 11) is 0. The molecule has 2 saturated carbocycles. The number of hydrogen-bond donors (Lipinski definition) is 0. The van der Waals surface area contributed by atoms with E-state index in [0.29, 0.717) is 18.3 Å². The van der Waals surface area contributed by atoms with Crippen molar-refractivity contribution in [1.29, 1.82) is 5.26 Å². The number of allylic oxidation sites excluding steroid dienone is 2. The summed E-state index contributed by atoms with van der Waals surface area (Å²) in [5, 5.41) is 8.47. The third-order valence-electron chi connectivity index (χ3n) is 7.66. The Kier molecular flexibility index (Phi) is 10.4. The van der Waals surface area contributed by atoms with Crippen LogP contribution in [0.15, 0.2) is 36.2 Å². The minimum absolute atomic E-state index is 0.00203. The first-order valence-electron chi connectivity index (χ1n) is 13.1. The van der Waals surface area contributed by atoms with Crippen molar-refractivity contribution in [1.82, 2.24) is 0 Å². The summed E-state index contributed by atoms with van der Waals surface area (Å²) in [6, 6.07) is 10.7. The zero-order chi connectivity index (χ0) is 23.5. The molecule has 2 aliphatic rings. The van der Waals surface area contributed by atoms with Gasteiger partial charge in [0.05, 0.1) is 5.92 Å². The van der Waals surface area contributed by atoms with Gasteiger partial charge in [0.1, 0.15) is 12.2 Å². The first kappa shape index (κ1) is 25.5. The Morgan fingerprint density at radius 1 is 1.06 bits per heavy atom. The molecule has 3 rings (SSSR count). The maximum Gasteiger partial charge on any atom is 0.309 e. The molecule has 0 atom stereocenters. The van der Waals surface area contributed by atoms with Crippen molar-refractivity contribution in [3.8, 4) is 6.07 Å². The van der Waals surface area contributed by atoms with E-state index >= 15 is 0 Å². The second-order valence-corrected chi connectivity index (χ2v) is 10.1. The molecule has 0 unspecified atom stereocenters. The number of unbranched alkanes of at least 4 members (excludes halogenated alkanes) is 2. The number of nitriles is 1. The summed E-state index contributed by atoms with van der Waals surface area (Å²) in [4.78, 5) is 12.7. The zero-order valence-electron chi connectivity index (χ0n) is 20.2. The molecule has 0 aliphatic heterocycles. The Bertz CT molecular complexity index is 794. The van der Waals surface area contributed by atoms with Gasteiger partial charge < -0.3 is 4.74 Å². The van der Waals surface area contributed by atoms with Crippen molar-refractivity contribution in [2.45, 2.75) is 109 Å². The highest BCUT2D eigenvalue weighted by Crippen LogP contribution is 2.37. The van der Waals surface area contributed by atoms with Gasteiger partial charge in [-0.25, -0.2) is 0 Å². The first-order chi connectivity index (χ1) is 16.1. The van der Waals surface area contributed by atoms with Gasteiger partial charge in [0.25, 0.3) is 0 Å². The fourth-order valence-electron chi connectivity index (χ4n) is 5.49. The maximum atomic E-state index is 12.9. The molecule has 0 heterocycles. The second kappa shape index (κ2) is 13.5. The zero-order valence-corrected chi connectivity index (χ0v) is 20.2. The van der Waals surface area contributed by atoms with Crippen molar-refractivity contribution in [3.05, 3.63) is 47.3 Å². The van der Waals surface area contributed by atoms with E-state index in [1.54, 1.807) is 0 Å². The van der Waals surface area contributed by atoms with Crippen molar-refractivity contribution in [3.63, 3.8) is 0 Å². The predicted molar refractivity (Wildman–Crippen MR) is 130 cm³/mol. The average Bonchev–Trinajstić information content (AvgIpc) is 2.85. The number of halogens is 1. The molecule has 180 valence electrons. The third-order valence-corrected chi connectivity index (χ3v) is 7.66. The Hall–Kier alpha value is -2.15. The number of rotatable bonds is 10. The second-order valence-electron chi connectivity index (χ2n) is 10.1. The van der Waals surface area contributed by atoms with Crippen LogP contribution in [0.2, 0.25) is 0 Å². The summed E-state index contributed by atoms with van der Waals surface area (Å²) in [5.74, 6) is 0.464. The number of aryl methyl sites for hydroxylation is 1. The number of hydrogen-bond acceptors (Lipinski definition) is 3. The lowest BCUT2D eigenvalue weighted by Crippen LogP contribution is -2.29. The molecule has 0 spiro atoms. The highest BCUT2D eigenvalue weighted by atomic mass is 19.1. The molecule has 0 amide bonds. The lowest BCUT2D eigenvalue weighted by atomic mass is 9.78. The number of ether oxygens (including phenoxy) is 1. The lowest BCUT2D eigenvalue weighted by Gasteiger charge is -2.31. The molecule has 0 bridgehead atoms. The molecule has 0 radical (unpaired) electrons. The summed E-state index contributed by atoms with van der Waals surface area (Å²) in [5.41, 5.74) is 2.86. The van der Waals surface area contributed by atoms with Gasteiger partial charge >= 0.3 is 5.97 Å². The molecule has 1 aromatic carbocycles. The predicted octanol–water partition coefficient (Wildman–Crippen LogP) is 7.95. The normalized spacial score (nSPS) is 25.9. The highest BCUT2D eigenvalue weighted by Gasteiger charge is 2.31. The summed E-state index contributed by atoms with van der Waals surface area (Å²) in [6.45, 7) is 2.24. The molecule has 4 heteroatoms. The SMILES string of the molecule is CCCCCc1ccc(C2CCC(C(=O)OC3CCC(CCC=C(F)C#N)CC3)CC2)cc1. The molecule has 0 N–H and O–H groups in total. The van der Waals surface area contributed by atoms with Crippen LogP contribution < -0.4 is 0 Å². The van der Waals surface area contributed by atoms with E-state index in [4.69, 9.17) is 10.00 Å². The molecule has 2 aliphatic carbocycles. The van der Waals surface area contributed by atoms with Gasteiger partial charge in [-0.2, -0.15) is 9.65 Å². The van der Waals surface area contributed by atoms with Gasteiger partial charge in [-0.1, -0.05) is 44.0 Å². The molecule has 2 fully saturated rings. The van der Waals surface area contributed by atoms with Crippen LogP contribution in [0.4, 0.5) is 4.39 Å². The van der Waals surface area contributed by atoms with E-state index in [1.807, 2.05) is 0 Å². The molecule has 1 aromatic rings. The van der Waals surface area contributed by atoms with Gasteiger partial charge in [0, 0.05) is 0 Å². The Balaban J connectivity index is 1.35. The minimum Gasteiger partial charge on any atom is -0.462 e. The number of benzene rings is 1. The maximum absolute atomic E-state index is 12.9. The van der Waals surface area contributed by atoms with Gasteiger partial charge in [-0.05, 0) is 106 Å². The first-order valence-corrected chi connectivity index (χ1v) is 13.1. The number of nitrogens with zero attached hydrogens (tertiary/aromatic N) is 1. The van der Waals surface area contributed by atoms with E-state index in [9.17, 15) is 9.18 Å². The van der Waals surface area contributed by atoms with Gasteiger partial charge in [0.15, 0.2) is 5.83 Å².